The van der Waals surface area contributed by atoms with Gasteiger partial charge in [0.05, 0.1) is 0 Å². The summed E-state index contributed by atoms with van der Waals surface area (Å²) in [6, 6.07) is 7.04. The molecule has 0 aromatic heterocycles. The van der Waals surface area contributed by atoms with Gasteiger partial charge in [0.1, 0.15) is 13.2 Å². The lowest BCUT2D eigenvalue weighted by Crippen LogP contribution is -2.54. The van der Waals surface area contributed by atoms with E-state index in [1.54, 1.807) is 0 Å². The van der Waals surface area contributed by atoms with Gasteiger partial charge in [-0.05, 0) is 38.8 Å². The number of hydrogen-bond donors (Lipinski definition) is 1. The van der Waals surface area contributed by atoms with E-state index in [4.69, 9.17) is 9.47 Å². The molecule has 3 rings (SSSR count). The number of hydrogen-bond acceptors (Lipinski definition) is 5. The van der Waals surface area contributed by atoms with Crippen molar-refractivity contribution in [2.24, 2.45) is 0 Å². The number of nitrogens with one attached hydrogen (secondary N) is 1. The van der Waals surface area contributed by atoms with E-state index in [0.29, 0.717) is 19.3 Å². The molecule has 2 atom stereocenters. The van der Waals surface area contributed by atoms with Gasteiger partial charge in [0, 0.05) is 31.7 Å². The molecular weight excluding hydrogens is 266 g/mol. The van der Waals surface area contributed by atoms with Crippen LogP contribution in [-0.4, -0.2) is 69.8 Å². The minimum atomic E-state index is 0.286. The molecule has 0 bridgehead atoms. The molecule has 1 aromatic rings. The lowest BCUT2D eigenvalue weighted by Gasteiger charge is -2.42. The van der Waals surface area contributed by atoms with Crippen LogP contribution in [0.3, 0.4) is 0 Å². The maximum atomic E-state index is 5.72. The second-order valence-corrected chi connectivity index (χ2v) is 5.98. The monoisotopic (exact) mass is 291 g/mol. The molecule has 0 radical (unpaired) electrons. The topological polar surface area (TPSA) is 37.0 Å². The van der Waals surface area contributed by atoms with E-state index in [1.807, 2.05) is 13.1 Å². The summed E-state index contributed by atoms with van der Waals surface area (Å²) in [4.78, 5) is 4.84. The van der Waals surface area contributed by atoms with Crippen molar-refractivity contribution in [3.8, 4) is 11.5 Å². The number of rotatable bonds is 3. The summed E-state index contributed by atoms with van der Waals surface area (Å²) in [5.74, 6) is 1.72. The Morgan fingerprint density at radius 3 is 2.67 bits per heavy atom. The second kappa shape index (κ2) is 6.22. The first-order chi connectivity index (χ1) is 10.2. The standard InChI is InChI=1S/C16H25N3O2/c1-17-16(13-11-18(2)6-7-19(13)3)12-4-5-14-15(10-12)21-9-8-20-14/h4-5,10,13,16-17H,6-9,11H2,1-3H3. The average molecular weight is 291 g/mol. The highest BCUT2D eigenvalue weighted by Gasteiger charge is 2.30. The smallest absolute Gasteiger partial charge is 0.161 e. The van der Waals surface area contributed by atoms with Gasteiger partial charge < -0.3 is 19.7 Å². The van der Waals surface area contributed by atoms with E-state index in [0.717, 1.165) is 31.1 Å². The molecule has 1 aromatic carbocycles. The zero-order chi connectivity index (χ0) is 14.8. The third kappa shape index (κ3) is 3.00. The maximum absolute atomic E-state index is 5.72. The third-order valence-corrected chi connectivity index (χ3v) is 4.52. The second-order valence-electron chi connectivity index (χ2n) is 5.98. The van der Waals surface area contributed by atoms with E-state index in [9.17, 15) is 0 Å². The van der Waals surface area contributed by atoms with Gasteiger partial charge in [0.15, 0.2) is 11.5 Å². The van der Waals surface area contributed by atoms with E-state index < -0.39 is 0 Å². The summed E-state index contributed by atoms with van der Waals surface area (Å²) in [6.07, 6.45) is 0. The first kappa shape index (κ1) is 14.6. The SMILES string of the molecule is CNC(c1ccc2c(c1)OCCO2)C1CN(C)CCN1C. The van der Waals surface area contributed by atoms with Crippen LogP contribution in [0.2, 0.25) is 0 Å². The average Bonchev–Trinajstić information content (AvgIpc) is 2.51. The Bertz CT molecular complexity index is 494. The van der Waals surface area contributed by atoms with E-state index >= 15 is 0 Å². The minimum Gasteiger partial charge on any atom is -0.486 e. The van der Waals surface area contributed by atoms with Crippen LogP contribution in [0.25, 0.3) is 0 Å². The molecular formula is C16H25N3O2. The summed E-state index contributed by atoms with van der Waals surface area (Å²) >= 11 is 0. The van der Waals surface area contributed by atoms with Crippen LogP contribution >= 0.6 is 0 Å². The number of ether oxygens (including phenoxy) is 2. The fourth-order valence-electron chi connectivity index (χ4n) is 3.24. The molecule has 5 heteroatoms. The van der Waals surface area contributed by atoms with Crippen LogP contribution in [-0.2, 0) is 0 Å². The molecule has 0 aliphatic carbocycles. The first-order valence-electron chi connectivity index (χ1n) is 7.64. The summed E-state index contributed by atoms with van der Waals surface area (Å²) in [7, 11) is 6.43. The van der Waals surface area contributed by atoms with E-state index in [2.05, 4.69) is 41.3 Å². The molecule has 2 aliphatic rings. The van der Waals surface area contributed by atoms with Crippen molar-refractivity contribution in [2.45, 2.75) is 12.1 Å². The molecule has 2 unspecified atom stereocenters. The molecule has 5 nitrogen and oxygen atoms in total. The Kier molecular flexibility index (Phi) is 4.33. The van der Waals surface area contributed by atoms with E-state index in [-0.39, 0.29) is 6.04 Å². The Hall–Kier alpha value is -1.30. The zero-order valence-electron chi connectivity index (χ0n) is 13.1. The van der Waals surface area contributed by atoms with Crippen molar-refractivity contribution in [3.05, 3.63) is 23.8 Å². The Morgan fingerprint density at radius 2 is 1.90 bits per heavy atom. The van der Waals surface area contributed by atoms with Gasteiger partial charge in [-0.15, -0.1) is 0 Å². The highest BCUT2D eigenvalue weighted by atomic mass is 16.6. The molecule has 0 spiro atoms. The quantitative estimate of drug-likeness (QED) is 0.898. The molecule has 116 valence electrons. The first-order valence-corrected chi connectivity index (χ1v) is 7.64. The van der Waals surface area contributed by atoms with Crippen LogP contribution in [0.5, 0.6) is 11.5 Å². The Labute approximate surface area is 126 Å². The number of likely N-dealkylation sites (N-methyl/N-ethyl adjacent to an activating group) is 3. The minimum absolute atomic E-state index is 0.286. The van der Waals surface area contributed by atoms with Crippen LogP contribution < -0.4 is 14.8 Å². The lowest BCUT2D eigenvalue weighted by molar-refractivity contribution is 0.0894. The molecule has 1 fully saturated rings. The number of nitrogens with zero attached hydrogens (tertiary/aromatic N) is 2. The largest absolute Gasteiger partial charge is 0.486 e. The fourth-order valence-corrected chi connectivity index (χ4v) is 3.24. The van der Waals surface area contributed by atoms with Gasteiger partial charge in [-0.3, -0.25) is 4.90 Å². The third-order valence-electron chi connectivity index (χ3n) is 4.52. The van der Waals surface area contributed by atoms with Gasteiger partial charge in [-0.25, -0.2) is 0 Å². The maximum Gasteiger partial charge on any atom is 0.161 e. The van der Waals surface area contributed by atoms with Crippen molar-refractivity contribution < 1.29 is 9.47 Å². The molecule has 21 heavy (non-hydrogen) atoms. The fraction of sp³-hybridized carbons (Fsp3) is 0.625. The van der Waals surface area contributed by atoms with Crippen molar-refractivity contribution in [3.63, 3.8) is 0 Å². The molecule has 2 aliphatic heterocycles. The van der Waals surface area contributed by atoms with E-state index in [1.165, 1.54) is 5.56 Å². The van der Waals surface area contributed by atoms with Gasteiger partial charge in [0.25, 0.3) is 0 Å². The zero-order valence-corrected chi connectivity index (χ0v) is 13.1. The molecule has 1 saturated heterocycles. The highest BCUT2D eigenvalue weighted by molar-refractivity contribution is 5.45. The predicted molar refractivity (Wildman–Crippen MR) is 83.1 cm³/mol. The van der Waals surface area contributed by atoms with Crippen molar-refractivity contribution in [2.75, 3.05) is 54.0 Å². The molecule has 2 heterocycles. The van der Waals surface area contributed by atoms with Crippen molar-refractivity contribution in [1.29, 1.82) is 0 Å². The highest BCUT2D eigenvalue weighted by Crippen LogP contribution is 2.34. The van der Waals surface area contributed by atoms with Crippen molar-refractivity contribution >= 4 is 0 Å². The molecule has 1 N–H and O–H groups in total. The summed E-state index contributed by atoms with van der Waals surface area (Å²) < 4.78 is 11.3. The van der Waals surface area contributed by atoms with Gasteiger partial charge in [0.2, 0.25) is 0 Å². The number of piperazine rings is 1. The van der Waals surface area contributed by atoms with Gasteiger partial charge in [-0.1, -0.05) is 6.07 Å². The van der Waals surface area contributed by atoms with Gasteiger partial charge >= 0.3 is 0 Å². The lowest BCUT2D eigenvalue weighted by atomic mass is 9.96. The number of fused-ring (bicyclic) bond motifs is 1. The normalized spacial score (nSPS) is 24.8. The summed E-state index contributed by atoms with van der Waals surface area (Å²) in [5.41, 5.74) is 1.26. The van der Waals surface area contributed by atoms with Crippen LogP contribution in [0, 0.1) is 0 Å². The Balaban J connectivity index is 1.85. The van der Waals surface area contributed by atoms with Crippen molar-refractivity contribution in [1.82, 2.24) is 15.1 Å². The van der Waals surface area contributed by atoms with Crippen LogP contribution in [0.4, 0.5) is 0 Å². The Morgan fingerprint density at radius 1 is 1.14 bits per heavy atom. The molecule has 0 saturated carbocycles. The number of benzene rings is 1. The van der Waals surface area contributed by atoms with Crippen LogP contribution in [0.1, 0.15) is 11.6 Å². The summed E-state index contributed by atoms with van der Waals surface area (Å²) in [5, 5.41) is 3.48. The molecule has 0 amide bonds. The van der Waals surface area contributed by atoms with Gasteiger partial charge in [-0.2, -0.15) is 0 Å². The predicted octanol–water partition coefficient (Wildman–Crippen LogP) is 0.964. The summed E-state index contributed by atoms with van der Waals surface area (Å²) in [6.45, 7) is 4.57. The van der Waals surface area contributed by atoms with Crippen LogP contribution in [0.15, 0.2) is 18.2 Å².